The van der Waals surface area contributed by atoms with E-state index in [9.17, 15) is 14.4 Å². The minimum absolute atomic E-state index is 0.0832. The number of nitrogens with zero attached hydrogens (tertiary/aromatic N) is 1. The number of hydrogen-bond donors (Lipinski definition) is 2. The van der Waals surface area contributed by atoms with Crippen LogP contribution >= 0.6 is 0 Å². The number of carbonyl (C=O) groups excluding carboxylic acids is 3. The normalized spacial score (nSPS) is 22.3. The van der Waals surface area contributed by atoms with Crippen LogP contribution in [0.3, 0.4) is 0 Å². The molecule has 2 saturated heterocycles. The second-order valence-electron chi connectivity index (χ2n) is 10.1. The van der Waals surface area contributed by atoms with Crippen molar-refractivity contribution in [3.63, 3.8) is 0 Å². The molecule has 2 aliphatic heterocycles. The highest BCUT2D eigenvalue weighted by atomic mass is 16.5. The van der Waals surface area contributed by atoms with Crippen molar-refractivity contribution in [1.82, 2.24) is 15.5 Å². The van der Waals surface area contributed by atoms with Crippen molar-refractivity contribution < 1.29 is 23.9 Å². The maximum atomic E-state index is 13.9. The predicted molar refractivity (Wildman–Crippen MR) is 144 cm³/mol. The number of piperidine rings is 1. The van der Waals surface area contributed by atoms with E-state index in [2.05, 4.69) is 10.6 Å². The minimum atomic E-state index is -0.676. The van der Waals surface area contributed by atoms with Gasteiger partial charge in [-0.05, 0) is 63.1 Å². The first kappa shape index (κ1) is 27.8. The van der Waals surface area contributed by atoms with Gasteiger partial charge in [0.05, 0.1) is 12.6 Å². The van der Waals surface area contributed by atoms with Crippen LogP contribution in [0.5, 0.6) is 0 Å². The van der Waals surface area contributed by atoms with E-state index in [1.165, 1.54) is 0 Å². The molecule has 0 spiro atoms. The van der Waals surface area contributed by atoms with Crippen LogP contribution in [-0.2, 0) is 36.9 Å². The fourth-order valence-electron chi connectivity index (χ4n) is 5.54. The van der Waals surface area contributed by atoms with E-state index < -0.39 is 18.1 Å². The zero-order valence-corrected chi connectivity index (χ0v) is 22.3. The molecular formula is C30H39N3O5. The lowest BCUT2D eigenvalue weighted by Gasteiger charge is -2.36. The molecule has 0 unspecified atom stereocenters. The highest BCUT2D eigenvalue weighted by Gasteiger charge is 2.49. The van der Waals surface area contributed by atoms with Gasteiger partial charge in [-0.1, -0.05) is 60.7 Å². The number of nitrogens with one attached hydrogen (secondary N) is 2. The molecule has 1 amide bonds. The number of ether oxygens (including phenoxy) is 2. The Morgan fingerprint density at radius 3 is 2.39 bits per heavy atom. The molecule has 0 bridgehead atoms. The number of carbonyl (C=O) groups is 3. The maximum absolute atomic E-state index is 13.9. The van der Waals surface area contributed by atoms with Crippen molar-refractivity contribution in [2.24, 2.45) is 5.92 Å². The van der Waals surface area contributed by atoms with Crippen molar-refractivity contribution >= 4 is 17.8 Å². The van der Waals surface area contributed by atoms with Gasteiger partial charge in [0.2, 0.25) is 5.91 Å². The quantitative estimate of drug-likeness (QED) is 0.439. The van der Waals surface area contributed by atoms with Crippen LogP contribution in [0.15, 0.2) is 60.7 Å². The molecule has 2 aromatic carbocycles. The Morgan fingerprint density at radius 2 is 1.71 bits per heavy atom. The molecule has 8 nitrogen and oxygen atoms in total. The van der Waals surface area contributed by atoms with Crippen LogP contribution in [0, 0.1) is 5.92 Å². The summed E-state index contributed by atoms with van der Waals surface area (Å²) in [6.45, 7) is 5.47. The number of likely N-dealkylation sites (tertiary alicyclic amines) is 1. The van der Waals surface area contributed by atoms with Crippen molar-refractivity contribution in [3.8, 4) is 0 Å². The van der Waals surface area contributed by atoms with Crippen LogP contribution in [0.1, 0.15) is 44.2 Å². The summed E-state index contributed by atoms with van der Waals surface area (Å²) in [5, 5.41) is 6.59. The monoisotopic (exact) mass is 521 g/mol. The number of fused-ring (bicyclic) bond motifs is 1. The average Bonchev–Trinajstić information content (AvgIpc) is 3.34. The second-order valence-corrected chi connectivity index (χ2v) is 10.1. The Bertz CT molecular complexity index is 1060. The Balaban J connectivity index is 1.45. The van der Waals surface area contributed by atoms with E-state index in [1.807, 2.05) is 60.7 Å². The molecule has 2 aromatic rings. The van der Waals surface area contributed by atoms with Gasteiger partial charge in [-0.3, -0.25) is 14.9 Å². The van der Waals surface area contributed by atoms with Gasteiger partial charge in [-0.2, -0.15) is 0 Å². The summed E-state index contributed by atoms with van der Waals surface area (Å²) >= 11 is 0. The van der Waals surface area contributed by atoms with Crippen LogP contribution in [0.25, 0.3) is 0 Å². The van der Waals surface area contributed by atoms with Gasteiger partial charge in [-0.15, -0.1) is 0 Å². The zero-order valence-electron chi connectivity index (χ0n) is 22.3. The highest BCUT2D eigenvalue weighted by Crippen LogP contribution is 2.35. The third-order valence-corrected chi connectivity index (χ3v) is 7.52. The summed E-state index contributed by atoms with van der Waals surface area (Å²) < 4.78 is 11.0. The lowest BCUT2D eigenvalue weighted by atomic mass is 9.92. The Morgan fingerprint density at radius 1 is 1.03 bits per heavy atom. The zero-order chi connectivity index (χ0) is 26.9. The first-order valence-electron chi connectivity index (χ1n) is 13.7. The molecule has 8 heteroatoms. The number of rotatable bonds is 11. The molecule has 5 atom stereocenters. The van der Waals surface area contributed by atoms with Gasteiger partial charge < -0.3 is 19.7 Å². The van der Waals surface area contributed by atoms with Crippen molar-refractivity contribution in [1.29, 1.82) is 0 Å². The SMILES string of the molecule is CCOC(=O)[C@@H](CCc1ccccc1)N[C@@H](C)C(=O)N1[C@H](C(=O)OCc2ccccc2)C[C@H]2CCNC[C@@H]21. The standard InChI is InChI=1S/C30H39N3O5/c1-3-37-29(35)25(15-14-22-10-6-4-7-11-22)32-21(2)28(34)33-26(18-24-16-17-31-19-27(24)33)30(36)38-20-23-12-8-5-9-13-23/h4-13,21,24-27,31-32H,3,14-20H2,1-2H3/t21-,24+,25+,26-,27-/m0/s1. The number of benzene rings is 2. The molecule has 0 radical (unpaired) electrons. The topological polar surface area (TPSA) is 97.0 Å². The fourth-order valence-corrected chi connectivity index (χ4v) is 5.54. The minimum Gasteiger partial charge on any atom is -0.465 e. The van der Waals surface area contributed by atoms with E-state index in [0.29, 0.717) is 25.8 Å². The number of aryl methyl sites for hydroxylation is 1. The van der Waals surface area contributed by atoms with Crippen LogP contribution in [0.2, 0.25) is 0 Å². The van der Waals surface area contributed by atoms with E-state index in [4.69, 9.17) is 9.47 Å². The van der Waals surface area contributed by atoms with Gasteiger partial charge in [0.15, 0.2) is 0 Å². The van der Waals surface area contributed by atoms with Gasteiger partial charge in [0.25, 0.3) is 0 Å². The van der Waals surface area contributed by atoms with Gasteiger partial charge in [0, 0.05) is 12.6 Å². The number of esters is 2. The second kappa shape index (κ2) is 13.5. The summed E-state index contributed by atoms with van der Waals surface area (Å²) in [6.07, 6.45) is 2.66. The Hall–Kier alpha value is -3.23. The summed E-state index contributed by atoms with van der Waals surface area (Å²) in [5.74, 6) is -0.715. The number of hydrogen-bond acceptors (Lipinski definition) is 7. The molecule has 4 rings (SSSR count). The van der Waals surface area contributed by atoms with E-state index >= 15 is 0 Å². The summed E-state index contributed by atoms with van der Waals surface area (Å²) in [6, 6.07) is 17.4. The van der Waals surface area contributed by atoms with Gasteiger partial charge in [0.1, 0.15) is 18.7 Å². The molecule has 204 valence electrons. The maximum Gasteiger partial charge on any atom is 0.329 e. The Labute approximate surface area is 225 Å². The fraction of sp³-hybridized carbons (Fsp3) is 0.500. The highest BCUT2D eigenvalue weighted by molar-refractivity contribution is 5.89. The molecule has 0 saturated carbocycles. The average molecular weight is 522 g/mol. The van der Waals surface area contributed by atoms with Crippen molar-refractivity contribution in [3.05, 3.63) is 71.8 Å². The van der Waals surface area contributed by atoms with Crippen molar-refractivity contribution in [2.45, 2.75) is 70.3 Å². The van der Waals surface area contributed by atoms with Crippen LogP contribution in [-0.4, -0.2) is 66.6 Å². The molecule has 2 N–H and O–H groups in total. The molecule has 0 aromatic heterocycles. The first-order chi connectivity index (χ1) is 18.5. The molecule has 2 heterocycles. The van der Waals surface area contributed by atoms with Crippen LogP contribution < -0.4 is 10.6 Å². The molecule has 2 fully saturated rings. The number of amides is 1. The third kappa shape index (κ3) is 6.99. The smallest absolute Gasteiger partial charge is 0.329 e. The summed E-state index contributed by atoms with van der Waals surface area (Å²) in [5.41, 5.74) is 2.01. The van der Waals surface area contributed by atoms with Gasteiger partial charge >= 0.3 is 11.9 Å². The van der Waals surface area contributed by atoms with Crippen LogP contribution in [0.4, 0.5) is 0 Å². The van der Waals surface area contributed by atoms with E-state index in [0.717, 1.165) is 24.1 Å². The summed E-state index contributed by atoms with van der Waals surface area (Å²) in [7, 11) is 0. The largest absolute Gasteiger partial charge is 0.465 e. The molecular weight excluding hydrogens is 482 g/mol. The lowest BCUT2D eigenvalue weighted by Crippen LogP contribution is -2.58. The first-order valence-corrected chi connectivity index (χ1v) is 13.7. The Kier molecular flexibility index (Phi) is 9.90. The third-order valence-electron chi connectivity index (χ3n) is 7.52. The summed E-state index contributed by atoms with van der Waals surface area (Å²) in [4.78, 5) is 41.6. The van der Waals surface area contributed by atoms with E-state index in [-0.39, 0.29) is 43.0 Å². The molecule has 0 aliphatic carbocycles. The molecule has 2 aliphatic rings. The molecule has 38 heavy (non-hydrogen) atoms. The van der Waals surface area contributed by atoms with E-state index in [1.54, 1.807) is 18.7 Å². The van der Waals surface area contributed by atoms with Gasteiger partial charge in [-0.25, -0.2) is 4.79 Å². The predicted octanol–water partition coefficient (Wildman–Crippen LogP) is 2.85. The lowest BCUT2D eigenvalue weighted by molar-refractivity contribution is -0.156. The van der Waals surface area contributed by atoms with Crippen molar-refractivity contribution in [2.75, 3.05) is 19.7 Å².